The molecule has 0 aliphatic heterocycles. The Labute approximate surface area is 130 Å². The third kappa shape index (κ3) is 3.38. The summed E-state index contributed by atoms with van der Waals surface area (Å²) >= 11 is 15.6. The molecule has 0 amide bonds. The molecule has 0 radical (unpaired) electrons. The Bertz CT molecular complexity index is 618. The van der Waals surface area contributed by atoms with Crippen LogP contribution in [0.4, 0.5) is 0 Å². The number of aryl methyl sites for hydroxylation is 1. The highest BCUT2D eigenvalue weighted by atomic mass is 79.9. The number of halogens is 3. The van der Waals surface area contributed by atoms with Crippen molar-refractivity contribution in [3.8, 4) is 0 Å². The average Bonchev–Trinajstić information content (AvgIpc) is 2.37. The van der Waals surface area contributed by atoms with Gasteiger partial charge in [-0.2, -0.15) is 0 Å². The molecule has 0 aliphatic carbocycles. The highest BCUT2D eigenvalue weighted by molar-refractivity contribution is 9.10. The maximum atomic E-state index is 12.2. The molecule has 1 nitrogen and oxygen atoms in total. The molecule has 2 rings (SSSR count). The van der Waals surface area contributed by atoms with Crippen LogP contribution < -0.4 is 0 Å². The van der Waals surface area contributed by atoms with Gasteiger partial charge in [0.1, 0.15) is 0 Å². The van der Waals surface area contributed by atoms with Crippen LogP contribution in [0.5, 0.6) is 0 Å². The Kier molecular flexibility index (Phi) is 4.67. The Hall–Kier alpha value is -0.830. The van der Waals surface area contributed by atoms with E-state index in [1.165, 1.54) is 0 Å². The molecular weight excluding hydrogens is 347 g/mol. The van der Waals surface area contributed by atoms with Gasteiger partial charge in [-0.15, -0.1) is 0 Å². The smallest absolute Gasteiger partial charge is 0.167 e. The number of carbonyl (C=O) groups excluding carboxylic acids is 1. The molecule has 0 spiro atoms. The summed E-state index contributed by atoms with van der Waals surface area (Å²) in [6.07, 6.45) is 0.208. The van der Waals surface area contributed by atoms with Gasteiger partial charge >= 0.3 is 0 Å². The SMILES string of the molecule is Cc1cc(C(=O)Cc2c(Cl)cccc2Cl)ccc1Br. The number of Topliss-reactive ketones (excluding diaryl/α,β-unsaturated/α-hetero) is 1. The van der Waals surface area contributed by atoms with Crippen molar-refractivity contribution in [3.63, 3.8) is 0 Å². The van der Waals surface area contributed by atoms with Crippen LogP contribution in [0.25, 0.3) is 0 Å². The quantitative estimate of drug-likeness (QED) is 0.664. The molecule has 0 unspecified atom stereocenters. The number of benzene rings is 2. The molecular formula is C15H11BrCl2O. The highest BCUT2D eigenvalue weighted by Gasteiger charge is 2.13. The van der Waals surface area contributed by atoms with Crippen molar-refractivity contribution in [2.75, 3.05) is 0 Å². The third-order valence-corrected chi connectivity index (χ3v) is 4.48. The van der Waals surface area contributed by atoms with Crippen molar-refractivity contribution < 1.29 is 4.79 Å². The van der Waals surface area contributed by atoms with Gasteiger partial charge in [-0.3, -0.25) is 4.79 Å². The number of ketones is 1. The number of hydrogen-bond donors (Lipinski definition) is 0. The number of rotatable bonds is 3. The van der Waals surface area contributed by atoms with Gasteiger partial charge < -0.3 is 0 Å². The minimum absolute atomic E-state index is 0.00519. The average molecular weight is 358 g/mol. The van der Waals surface area contributed by atoms with E-state index in [4.69, 9.17) is 23.2 Å². The van der Waals surface area contributed by atoms with Gasteiger partial charge in [0.15, 0.2) is 5.78 Å². The van der Waals surface area contributed by atoms with Gasteiger partial charge in [0, 0.05) is 26.5 Å². The number of carbonyl (C=O) groups is 1. The summed E-state index contributed by atoms with van der Waals surface area (Å²) in [6.45, 7) is 1.95. The summed E-state index contributed by atoms with van der Waals surface area (Å²) < 4.78 is 0.986. The van der Waals surface area contributed by atoms with Crippen LogP contribution in [0.2, 0.25) is 10.0 Å². The summed E-state index contributed by atoms with van der Waals surface area (Å²) in [7, 11) is 0. The first-order valence-corrected chi connectivity index (χ1v) is 7.26. The maximum absolute atomic E-state index is 12.2. The minimum Gasteiger partial charge on any atom is -0.294 e. The molecule has 0 fully saturated rings. The summed E-state index contributed by atoms with van der Waals surface area (Å²) in [6, 6.07) is 10.8. The van der Waals surface area contributed by atoms with E-state index in [0.29, 0.717) is 21.2 Å². The van der Waals surface area contributed by atoms with E-state index in [2.05, 4.69) is 15.9 Å². The van der Waals surface area contributed by atoms with Crippen molar-refractivity contribution in [3.05, 3.63) is 67.6 Å². The van der Waals surface area contributed by atoms with Crippen LogP contribution in [0, 0.1) is 6.92 Å². The van der Waals surface area contributed by atoms with Crippen molar-refractivity contribution in [2.45, 2.75) is 13.3 Å². The molecule has 0 saturated heterocycles. The van der Waals surface area contributed by atoms with Crippen LogP contribution in [-0.2, 0) is 6.42 Å². The molecule has 0 heterocycles. The van der Waals surface area contributed by atoms with Crippen LogP contribution in [-0.4, -0.2) is 5.78 Å². The Balaban J connectivity index is 2.28. The second-order valence-corrected chi connectivity index (χ2v) is 5.93. The van der Waals surface area contributed by atoms with Crippen LogP contribution >= 0.6 is 39.1 Å². The first-order valence-electron chi connectivity index (χ1n) is 5.71. The van der Waals surface area contributed by atoms with Gasteiger partial charge in [0.2, 0.25) is 0 Å². The lowest BCUT2D eigenvalue weighted by Gasteiger charge is -2.07. The van der Waals surface area contributed by atoms with Crippen LogP contribution in [0.1, 0.15) is 21.5 Å². The lowest BCUT2D eigenvalue weighted by Crippen LogP contribution is -2.05. The van der Waals surface area contributed by atoms with Crippen molar-refractivity contribution in [1.29, 1.82) is 0 Å². The zero-order chi connectivity index (χ0) is 14.0. The van der Waals surface area contributed by atoms with Gasteiger partial charge in [0.25, 0.3) is 0 Å². The number of hydrogen-bond acceptors (Lipinski definition) is 1. The normalized spacial score (nSPS) is 10.5. The molecule has 0 N–H and O–H groups in total. The van der Waals surface area contributed by atoms with Gasteiger partial charge in [0.05, 0.1) is 0 Å². The Morgan fingerprint density at radius 2 is 1.79 bits per heavy atom. The summed E-state index contributed by atoms with van der Waals surface area (Å²) in [5.74, 6) is 0.00519. The largest absolute Gasteiger partial charge is 0.294 e. The van der Waals surface area contributed by atoms with Crippen molar-refractivity contribution >= 4 is 44.9 Å². The lowest BCUT2D eigenvalue weighted by molar-refractivity contribution is 0.0993. The fraction of sp³-hybridized carbons (Fsp3) is 0.133. The minimum atomic E-state index is 0.00519. The van der Waals surface area contributed by atoms with Crippen LogP contribution in [0.15, 0.2) is 40.9 Å². The van der Waals surface area contributed by atoms with E-state index >= 15 is 0 Å². The Morgan fingerprint density at radius 1 is 1.16 bits per heavy atom. The zero-order valence-corrected chi connectivity index (χ0v) is 13.3. The summed E-state index contributed by atoms with van der Waals surface area (Å²) in [4.78, 5) is 12.2. The van der Waals surface area contributed by atoms with Crippen molar-refractivity contribution in [1.82, 2.24) is 0 Å². The third-order valence-electron chi connectivity index (χ3n) is 2.88. The predicted molar refractivity (Wildman–Crippen MR) is 83.4 cm³/mol. The zero-order valence-electron chi connectivity index (χ0n) is 10.2. The molecule has 2 aromatic rings. The molecule has 0 atom stereocenters. The second-order valence-electron chi connectivity index (χ2n) is 4.26. The Morgan fingerprint density at radius 3 is 2.37 bits per heavy atom. The first-order chi connectivity index (χ1) is 8.99. The topological polar surface area (TPSA) is 17.1 Å². The van der Waals surface area contributed by atoms with Gasteiger partial charge in [-0.1, -0.05) is 51.3 Å². The van der Waals surface area contributed by atoms with E-state index in [-0.39, 0.29) is 12.2 Å². The molecule has 2 aromatic carbocycles. The van der Waals surface area contributed by atoms with E-state index < -0.39 is 0 Å². The molecule has 0 bridgehead atoms. The second kappa shape index (κ2) is 6.08. The standard InChI is InChI=1S/C15H11BrCl2O/c1-9-7-10(5-6-12(9)16)15(19)8-11-13(17)3-2-4-14(11)18/h2-7H,8H2,1H3. The van der Waals surface area contributed by atoms with E-state index in [0.717, 1.165) is 10.0 Å². The molecule has 98 valence electrons. The molecule has 0 saturated carbocycles. The van der Waals surface area contributed by atoms with Gasteiger partial charge in [-0.25, -0.2) is 0 Å². The highest BCUT2D eigenvalue weighted by Crippen LogP contribution is 2.26. The van der Waals surface area contributed by atoms with E-state index in [9.17, 15) is 4.79 Å². The first kappa shape index (κ1) is 14.6. The lowest BCUT2D eigenvalue weighted by atomic mass is 10.0. The van der Waals surface area contributed by atoms with Gasteiger partial charge in [-0.05, 0) is 42.3 Å². The van der Waals surface area contributed by atoms with E-state index in [1.807, 2.05) is 19.1 Å². The molecule has 0 aliphatic rings. The molecule has 19 heavy (non-hydrogen) atoms. The van der Waals surface area contributed by atoms with E-state index in [1.54, 1.807) is 24.3 Å². The molecule has 0 aromatic heterocycles. The fourth-order valence-electron chi connectivity index (χ4n) is 1.78. The van der Waals surface area contributed by atoms with Crippen LogP contribution in [0.3, 0.4) is 0 Å². The maximum Gasteiger partial charge on any atom is 0.167 e. The summed E-state index contributed by atoms with van der Waals surface area (Å²) in [5, 5.41) is 1.05. The predicted octanol–water partition coefficient (Wildman–Crippen LogP) is 5.49. The fourth-order valence-corrected chi connectivity index (χ4v) is 2.56. The molecule has 4 heteroatoms. The monoisotopic (exact) mass is 356 g/mol. The summed E-state index contributed by atoms with van der Waals surface area (Å²) in [5.41, 5.74) is 2.36. The van der Waals surface area contributed by atoms with Crippen molar-refractivity contribution in [2.24, 2.45) is 0 Å².